The van der Waals surface area contributed by atoms with Crippen LogP contribution in [0.2, 0.25) is 0 Å². The third-order valence-corrected chi connectivity index (χ3v) is 9.55. The topological polar surface area (TPSA) is 159 Å². The van der Waals surface area contributed by atoms with Gasteiger partial charge >= 0.3 is 12.0 Å². The highest BCUT2D eigenvalue weighted by Gasteiger charge is 2.30. The van der Waals surface area contributed by atoms with Gasteiger partial charge in [0.05, 0.1) is 4.90 Å². The van der Waals surface area contributed by atoms with Crippen LogP contribution in [-0.2, 0) is 27.8 Å². The molecule has 0 spiro atoms. The average Bonchev–Trinajstić information content (AvgIpc) is 3.38. The minimum atomic E-state index is -4.14. The third-order valence-electron chi connectivity index (χ3n) is 7.49. The van der Waals surface area contributed by atoms with Crippen molar-refractivity contribution in [3.8, 4) is 11.1 Å². The van der Waals surface area contributed by atoms with Crippen LogP contribution in [0.4, 0.5) is 4.79 Å². The maximum atomic E-state index is 13.6. The molecule has 1 heterocycles. The van der Waals surface area contributed by atoms with Gasteiger partial charge in [0.15, 0.2) is 0 Å². The molecule has 45 heavy (non-hydrogen) atoms. The van der Waals surface area contributed by atoms with Crippen LogP contribution < -0.4 is 15.4 Å². The number of sulfonamides is 1. The van der Waals surface area contributed by atoms with Crippen LogP contribution >= 0.6 is 11.8 Å². The molecule has 2 aromatic carbocycles. The molecule has 0 aliphatic carbocycles. The van der Waals surface area contributed by atoms with E-state index >= 15 is 0 Å². The van der Waals surface area contributed by atoms with Gasteiger partial charge in [-0.3, -0.25) is 4.79 Å². The number of imidazole rings is 1. The smallest absolute Gasteiger partial charge is 0.328 e. The molecule has 0 saturated carbocycles. The number of thioether (sulfide) groups is 1. The van der Waals surface area contributed by atoms with E-state index in [2.05, 4.69) is 22.3 Å². The zero-order valence-corrected chi connectivity index (χ0v) is 28.1. The number of rotatable bonds is 16. The van der Waals surface area contributed by atoms with Gasteiger partial charge in [0.1, 0.15) is 22.6 Å². The summed E-state index contributed by atoms with van der Waals surface area (Å²) >= 11 is 1.33. The Morgan fingerprint density at radius 2 is 1.71 bits per heavy atom. The van der Waals surface area contributed by atoms with Gasteiger partial charge < -0.3 is 20.3 Å². The van der Waals surface area contributed by atoms with Crippen molar-refractivity contribution in [3.63, 3.8) is 0 Å². The number of carboxylic acids is 1. The van der Waals surface area contributed by atoms with Crippen LogP contribution in [-0.4, -0.2) is 59.8 Å². The summed E-state index contributed by atoms with van der Waals surface area (Å²) in [6, 6.07) is 11.9. The Bertz CT molecular complexity index is 1590. The van der Waals surface area contributed by atoms with E-state index in [-0.39, 0.29) is 10.8 Å². The number of benzene rings is 2. The van der Waals surface area contributed by atoms with E-state index in [0.717, 1.165) is 24.2 Å². The van der Waals surface area contributed by atoms with Crippen molar-refractivity contribution in [1.82, 2.24) is 24.9 Å². The molecule has 2 atom stereocenters. The minimum absolute atomic E-state index is 0.0290. The summed E-state index contributed by atoms with van der Waals surface area (Å²) in [5.74, 6) is -1.11. The molecule has 11 nitrogen and oxygen atoms in total. The van der Waals surface area contributed by atoms with Crippen LogP contribution in [0.1, 0.15) is 75.3 Å². The number of hydrogen-bond donors (Lipinski definition) is 4. The fraction of sp³-hybridized carbons (Fsp3) is 0.438. The number of carbonyl (C=O) groups is 3. The Morgan fingerprint density at radius 1 is 1.02 bits per heavy atom. The molecule has 244 valence electrons. The molecular weight excluding hydrogens is 615 g/mol. The summed E-state index contributed by atoms with van der Waals surface area (Å²) in [7, 11) is -4.14. The minimum Gasteiger partial charge on any atom is -0.480 e. The number of carboxylic acid groups (broad SMARTS) is 1. The van der Waals surface area contributed by atoms with E-state index in [1.54, 1.807) is 37.3 Å². The molecule has 4 N–H and O–H groups in total. The standard InChI is InChI=1S/C32H43N5O6S2/c1-6-9-14-26-34-30(44-5)28(29(38)35-27(31(39)40)21(4)8-3)37(26)20-22-15-17-23(18-16-22)24-12-10-11-13-25(24)45(42,43)36-32(41)33-19-7-2/h10-13,15-18,21,27H,6-9,14,19-20H2,1-5H3,(H,35,38)(H,39,40)(H2,33,36,41). The highest BCUT2D eigenvalue weighted by Crippen LogP contribution is 2.29. The number of unbranched alkanes of at least 4 members (excludes halogenated alkanes) is 1. The van der Waals surface area contributed by atoms with Crippen LogP contribution in [0.5, 0.6) is 0 Å². The van der Waals surface area contributed by atoms with Crippen molar-refractivity contribution in [3.05, 3.63) is 65.6 Å². The van der Waals surface area contributed by atoms with Gasteiger partial charge in [0.2, 0.25) is 0 Å². The number of hydrogen-bond acceptors (Lipinski definition) is 7. The lowest BCUT2D eigenvalue weighted by Crippen LogP contribution is -2.45. The van der Waals surface area contributed by atoms with Gasteiger partial charge in [-0.2, -0.15) is 0 Å². The second-order valence-corrected chi connectivity index (χ2v) is 13.3. The number of aliphatic carboxylic acids is 1. The van der Waals surface area contributed by atoms with Crippen molar-refractivity contribution >= 4 is 39.7 Å². The number of nitrogens with zero attached hydrogens (tertiary/aromatic N) is 2. The number of aryl methyl sites for hydroxylation is 1. The van der Waals surface area contributed by atoms with Crippen LogP contribution in [0, 0.1) is 5.92 Å². The summed E-state index contributed by atoms with van der Waals surface area (Å²) in [5.41, 5.74) is 2.22. The summed E-state index contributed by atoms with van der Waals surface area (Å²) in [4.78, 5) is 42.4. The first-order valence-corrected chi connectivity index (χ1v) is 17.8. The van der Waals surface area contributed by atoms with Gasteiger partial charge in [0.25, 0.3) is 15.9 Å². The second-order valence-electron chi connectivity index (χ2n) is 10.8. The summed E-state index contributed by atoms with van der Waals surface area (Å²) in [6.07, 6.45) is 5.54. The molecule has 0 bridgehead atoms. The maximum Gasteiger partial charge on any atom is 0.328 e. The van der Waals surface area contributed by atoms with Crippen molar-refractivity contribution in [2.75, 3.05) is 12.8 Å². The number of urea groups is 1. The van der Waals surface area contributed by atoms with Crippen molar-refractivity contribution in [2.24, 2.45) is 5.92 Å². The molecule has 13 heteroatoms. The normalized spacial score (nSPS) is 12.7. The van der Waals surface area contributed by atoms with E-state index in [0.29, 0.717) is 54.2 Å². The van der Waals surface area contributed by atoms with Crippen molar-refractivity contribution in [1.29, 1.82) is 0 Å². The Labute approximate surface area is 269 Å². The second kappa shape index (κ2) is 16.5. The van der Waals surface area contributed by atoms with E-state index in [4.69, 9.17) is 4.98 Å². The van der Waals surface area contributed by atoms with Gasteiger partial charge in [-0.1, -0.05) is 83.0 Å². The number of carbonyl (C=O) groups excluding carboxylic acids is 2. The number of amides is 3. The molecule has 3 rings (SSSR count). The van der Waals surface area contributed by atoms with Gasteiger partial charge in [-0.05, 0) is 42.2 Å². The highest BCUT2D eigenvalue weighted by atomic mass is 32.2. The maximum absolute atomic E-state index is 13.6. The zero-order valence-electron chi connectivity index (χ0n) is 26.4. The first kappa shape index (κ1) is 35.6. The molecule has 1 aromatic heterocycles. The third kappa shape index (κ3) is 9.10. The zero-order chi connectivity index (χ0) is 33.1. The predicted octanol–water partition coefficient (Wildman–Crippen LogP) is 5.29. The fourth-order valence-electron chi connectivity index (χ4n) is 4.79. The van der Waals surface area contributed by atoms with Gasteiger partial charge in [0, 0.05) is 25.1 Å². The Kier molecular flexibility index (Phi) is 13.0. The molecule has 0 fully saturated rings. The first-order chi connectivity index (χ1) is 21.5. The molecule has 0 aliphatic rings. The molecule has 2 unspecified atom stereocenters. The van der Waals surface area contributed by atoms with E-state index in [1.165, 1.54) is 17.8 Å². The summed E-state index contributed by atoms with van der Waals surface area (Å²) < 4.78 is 30.1. The Morgan fingerprint density at radius 3 is 2.31 bits per heavy atom. The Balaban J connectivity index is 1.97. The molecule has 3 amide bonds. The van der Waals surface area contributed by atoms with E-state index in [9.17, 15) is 27.9 Å². The lowest BCUT2D eigenvalue weighted by Gasteiger charge is -2.21. The largest absolute Gasteiger partial charge is 0.480 e. The van der Waals surface area contributed by atoms with E-state index in [1.807, 2.05) is 36.8 Å². The van der Waals surface area contributed by atoms with Gasteiger partial charge in [-0.15, -0.1) is 11.8 Å². The molecule has 3 aromatic rings. The summed E-state index contributed by atoms with van der Waals surface area (Å²) in [6.45, 7) is 8.26. The average molecular weight is 658 g/mol. The predicted molar refractivity (Wildman–Crippen MR) is 176 cm³/mol. The lowest BCUT2D eigenvalue weighted by molar-refractivity contribution is -0.140. The quantitative estimate of drug-likeness (QED) is 0.151. The number of nitrogens with one attached hydrogen (secondary N) is 3. The fourth-order valence-corrected chi connectivity index (χ4v) is 6.54. The summed E-state index contributed by atoms with van der Waals surface area (Å²) in [5, 5.41) is 15.5. The molecular formula is C32H43N5O6S2. The van der Waals surface area contributed by atoms with Crippen LogP contribution in [0.3, 0.4) is 0 Å². The van der Waals surface area contributed by atoms with Crippen LogP contribution in [0.25, 0.3) is 11.1 Å². The van der Waals surface area contributed by atoms with Crippen molar-refractivity contribution in [2.45, 2.75) is 82.3 Å². The molecule has 0 radical (unpaired) electrons. The van der Waals surface area contributed by atoms with Crippen LogP contribution in [0.15, 0.2) is 58.5 Å². The van der Waals surface area contributed by atoms with E-state index < -0.39 is 34.0 Å². The number of aromatic nitrogens is 2. The highest BCUT2D eigenvalue weighted by molar-refractivity contribution is 7.98. The van der Waals surface area contributed by atoms with Crippen molar-refractivity contribution < 1.29 is 27.9 Å². The monoisotopic (exact) mass is 657 g/mol. The van der Waals surface area contributed by atoms with Gasteiger partial charge in [-0.25, -0.2) is 27.7 Å². The first-order valence-electron chi connectivity index (χ1n) is 15.1. The SMILES string of the molecule is CCCCc1nc(SC)c(C(=O)NC(C(=O)O)C(C)CC)n1Cc1ccc(-c2ccccc2S(=O)(=O)NC(=O)NCCC)cc1. The molecule has 0 saturated heterocycles. The molecule has 0 aliphatic heterocycles. The lowest BCUT2D eigenvalue weighted by atomic mass is 9.99. The Hall–Kier alpha value is -3.84.